The summed E-state index contributed by atoms with van der Waals surface area (Å²) in [6.07, 6.45) is 10.00. The standard InChI is InChI=1S/C15H12FNOS/c1-3-11-4-5-12(6-7-14(11)16)17-15(18)13-8-9-19-10(13)2/h1,4,6-9H,5H2,2H3,(H,17,18). The van der Waals surface area contributed by atoms with E-state index in [2.05, 4.69) is 11.2 Å². The zero-order chi connectivity index (χ0) is 13.8. The normalized spacial score (nSPS) is 14.7. The van der Waals surface area contributed by atoms with E-state index in [0.717, 1.165) is 4.88 Å². The van der Waals surface area contributed by atoms with Crippen molar-refractivity contribution in [3.8, 4) is 12.3 Å². The molecule has 0 saturated carbocycles. The monoisotopic (exact) mass is 273 g/mol. The summed E-state index contributed by atoms with van der Waals surface area (Å²) in [6, 6.07) is 1.77. The van der Waals surface area contributed by atoms with Gasteiger partial charge in [-0.25, -0.2) is 4.39 Å². The quantitative estimate of drug-likeness (QED) is 0.821. The number of allylic oxidation sites excluding steroid dienone is 5. The molecule has 0 bridgehead atoms. The van der Waals surface area contributed by atoms with Crippen molar-refractivity contribution in [1.82, 2.24) is 5.32 Å². The van der Waals surface area contributed by atoms with Crippen LogP contribution in [0.5, 0.6) is 0 Å². The number of carbonyl (C=O) groups is 1. The van der Waals surface area contributed by atoms with Gasteiger partial charge in [-0.3, -0.25) is 4.79 Å². The predicted octanol–water partition coefficient (Wildman–Crippen LogP) is 3.49. The molecule has 1 amide bonds. The van der Waals surface area contributed by atoms with Gasteiger partial charge in [-0.2, -0.15) is 0 Å². The Morgan fingerprint density at radius 3 is 2.95 bits per heavy atom. The Hall–Kier alpha value is -2.12. The fraction of sp³-hybridized carbons (Fsp3) is 0.133. The molecule has 4 heteroatoms. The maximum atomic E-state index is 13.5. The lowest BCUT2D eigenvalue weighted by molar-refractivity contribution is 0.0965. The number of rotatable bonds is 2. The molecule has 96 valence electrons. The second kappa shape index (κ2) is 5.68. The average molecular weight is 273 g/mol. The molecule has 1 heterocycles. The van der Waals surface area contributed by atoms with Gasteiger partial charge >= 0.3 is 0 Å². The van der Waals surface area contributed by atoms with E-state index >= 15 is 0 Å². The van der Waals surface area contributed by atoms with Crippen molar-refractivity contribution in [3.05, 3.63) is 57.2 Å². The molecular weight excluding hydrogens is 261 g/mol. The molecule has 1 aromatic rings. The molecule has 1 aliphatic carbocycles. The first-order chi connectivity index (χ1) is 9.11. The average Bonchev–Trinajstić information content (AvgIpc) is 2.74. The van der Waals surface area contributed by atoms with E-state index in [9.17, 15) is 9.18 Å². The van der Waals surface area contributed by atoms with Crippen LogP contribution in [0.3, 0.4) is 0 Å². The Bertz CT molecular complexity index is 643. The second-order valence-corrected chi connectivity index (χ2v) is 5.14. The summed E-state index contributed by atoms with van der Waals surface area (Å²) >= 11 is 1.51. The van der Waals surface area contributed by atoms with Gasteiger partial charge in [0.25, 0.3) is 5.91 Å². The van der Waals surface area contributed by atoms with Crippen molar-refractivity contribution in [3.63, 3.8) is 0 Å². The van der Waals surface area contributed by atoms with E-state index < -0.39 is 5.83 Å². The van der Waals surface area contributed by atoms with Gasteiger partial charge in [0, 0.05) is 17.0 Å². The van der Waals surface area contributed by atoms with E-state index in [1.165, 1.54) is 23.5 Å². The van der Waals surface area contributed by atoms with Crippen molar-refractivity contribution < 1.29 is 9.18 Å². The molecule has 0 aromatic carbocycles. The Kier molecular flexibility index (Phi) is 3.98. The highest BCUT2D eigenvalue weighted by Crippen LogP contribution is 2.19. The second-order valence-electron chi connectivity index (χ2n) is 4.02. The molecule has 0 spiro atoms. The fourth-order valence-corrected chi connectivity index (χ4v) is 2.39. The molecule has 0 radical (unpaired) electrons. The number of thiophene rings is 1. The van der Waals surface area contributed by atoms with Gasteiger partial charge in [-0.05, 0) is 30.5 Å². The number of aryl methyl sites for hydroxylation is 1. The van der Waals surface area contributed by atoms with Crippen LogP contribution in [0.25, 0.3) is 0 Å². The van der Waals surface area contributed by atoms with Crippen LogP contribution in [0.2, 0.25) is 0 Å². The first kappa shape index (κ1) is 13.3. The minimum Gasteiger partial charge on any atom is -0.325 e. The first-order valence-corrected chi connectivity index (χ1v) is 6.58. The molecule has 0 unspecified atom stereocenters. The smallest absolute Gasteiger partial charge is 0.256 e. The van der Waals surface area contributed by atoms with Crippen LogP contribution >= 0.6 is 11.3 Å². The SMILES string of the molecule is C#CC1=CCC(NC(=O)c2ccsc2C)=CC=C1F. The van der Waals surface area contributed by atoms with Gasteiger partial charge in [0.1, 0.15) is 5.83 Å². The highest BCUT2D eigenvalue weighted by Gasteiger charge is 2.12. The molecule has 2 rings (SSSR count). The van der Waals surface area contributed by atoms with E-state index in [1.807, 2.05) is 12.3 Å². The van der Waals surface area contributed by atoms with E-state index in [4.69, 9.17) is 6.42 Å². The summed E-state index contributed by atoms with van der Waals surface area (Å²) in [7, 11) is 0. The third-order valence-corrected chi connectivity index (χ3v) is 3.59. The summed E-state index contributed by atoms with van der Waals surface area (Å²) in [5, 5.41) is 4.63. The molecule has 19 heavy (non-hydrogen) atoms. The summed E-state index contributed by atoms with van der Waals surface area (Å²) in [4.78, 5) is 13.0. The predicted molar refractivity (Wildman–Crippen MR) is 75.3 cm³/mol. The number of hydrogen-bond acceptors (Lipinski definition) is 2. The van der Waals surface area contributed by atoms with Crippen LogP contribution in [0.1, 0.15) is 21.7 Å². The topological polar surface area (TPSA) is 29.1 Å². The minimum absolute atomic E-state index is 0.184. The molecule has 1 aromatic heterocycles. The maximum absolute atomic E-state index is 13.5. The third kappa shape index (κ3) is 3.01. The molecule has 1 aliphatic rings. The number of carbonyl (C=O) groups excluding carboxylic acids is 1. The molecule has 0 aliphatic heterocycles. The fourth-order valence-electron chi connectivity index (χ4n) is 1.70. The summed E-state index contributed by atoms with van der Waals surface area (Å²) in [5.74, 6) is 1.63. The summed E-state index contributed by atoms with van der Waals surface area (Å²) in [5.41, 5.74) is 1.48. The number of amides is 1. The van der Waals surface area contributed by atoms with Gasteiger partial charge in [0.15, 0.2) is 0 Å². The van der Waals surface area contributed by atoms with Crippen LogP contribution in [-0.4, -0.2) is 5.91 Å². The Morgan fingerprint density at radius 2 is 2.32 bits per heavy atom. The lowest BCUT2D eigenvalue weighted by Gasteiger charge is -2.06. The van der Waals surface area contributed by atoms with Gasteiger partial charge < -0.3 is 5.32 Å². The van der Waals surface area contributed by atoms with E-state index in [-0.39, 0.29) is 11.5 Å². The van der Waals surface area contributed by atoms with Crippen LogP contribution in [0, 0.1) is 19.3 Å². The number of terminal acetylenes is 1. The Balaban J connectivity index is 2.14. The molecule has 1 N–H and O–H groups in total. The zero-order valence-corrected chi connectivity index (χ0v) is 11.2. The van der Waals surface area contributed by atoms with E-state index in [0.29, 0.717) is 17.7 Å². The van der Waals surface area contributed by atoms with Gasteiger partial charge in [-0.1, -0.05) is 12.0 Å². The van der Waals surface area contributed by atoms with Crippen molar-refractivity contribution >= 4 is 17.2 Å². The molecular formula is C15H12FNOS. The van der Waals surface area contributed by atoms with Gasteiger partial charge in [-0.15, -0.1) is 17.8 Å². The first-order valence-electron chi connectivity index (χ1n) is 5.70. The van der Waals surface area contributed by atoms with Crippen LogP contribution in [-0.2, 0) is 0 Å². The van der Waals surface area contributed by atoms with Crippen molar-refractivity contribution in [2.24, 2.45) is 0 Å². The van der Waals surface area contributed by atoms with Crippen LogP contribution in [0.4, 0.5) is 4.39 Å². The van der Waals surface area contributed by atoms with Crippen molar-refractivity contribution in [1.29, 1.82) is 0 Å². The van der Waals surface area contributed by atoms with Crippen molar-refractivity contribution in [2.45, 2.75) is 13.3 Å². The maximum Gasteiger partial charge on any atom is 0.256 e. The molecule has 0 fully saturated rings. The Labute approximate surface area is 115 Å². The highest BCUT2D eigenvalue weighted by atomic mass is 32.1. The van der Waals surface area contributed by atoms with Gasteiger partial charge in [0.2, 0.25) is 0 Å². The summed E-state index contributed by atoms with van der Waals surface area (Å²) < 4.78 is 13.5. The molecule has 0 saturated heterocycles. The molecule has 0 atom stereocenters. The highest BCUT2D eigenvalue weighted by molar-refractivity contribution is 7.10. The van der Waals surface area contributed by atoms with Crippen LogP contribution < -0.4 is 5.32 Å². The van der Waals surface area contributed by atoms with E-state index in [1.54, 1.807) is 12.1 Å². The minimum atomic E-state index is -0.460. The third-order valence-electron chi connectivity index (χ3n) is 2.75. The largest absolute Gasteiger partial charge is 0.325 e. The number of nitrogens with one attached hydrogen (secondary N) is 1. The van der Waals surface area contributed by atoms with Crippen LogP contribution in [0.15, 0.2) is 46.8 Å². The zero-order valence-electron chi connectivity index (χ0n) is 10.4. The summed E-state index contributed by atoms with van der Waals surface area (Å²) in [6.45, 7) is 1.89. The lowest BCUT2D eigenvalue weighted by atomic mass is 10.2. The van der Waals surface area contributed by atoms with Crippen molar-refractivity contribution in [2.75, 3.05) is 0 Å². The molecule has 2 nitrogen and oxygen atoms in total. The number of hydrogen-bond donors (Lipinski definition) is 1. The van der Waals surface area contributed by atoms with Gasteiger partial charge in [0.05, 0.1) is 11.1 Å². The Morgan fingerprint density at radius 1 is 1.53 bits per heavy atom. The lowest BCUT2D eigenvalue weighted by Crippen LogP contribution is -2.22. The number of halogens is 1.